The van der Waals surface area contributed by atoms with Gasteiger partial charge in [0.05, 0.1) is 0 Å². The van der Waals surface area contributed by atoms with Gasteiger partial charge < -0.3 is 9.80 Å². The van der Waals surface area contributed by atoms with Gasteiger partial charge in [0.2, 0.25) is 0 Å². The van der Waals surface area contributed by atoms with E-state index in [-0.39, 0.29) is 0 Å². The molecule has 282 valence electrons. The minimum atomic E-state index is 1.11. The summed E-state index contributed by atoms with van der Waals surface area (Å²) in [6.07, 6.45) is 0. The van der Waals surface area contributed by atoms with Gasteiger partial charge in [0.15, 0.2) is 0 Å². The van der Waals surface area contributed by atoms with Gasteiger partial charge in [-0.15, -0.1) is 22.7 Å². The summed E-state index contributed by atoms with van der Waals surface area (Å²) in [6, 6.07) is 80.1. The first-order valence-corrected chi connectivity index (χ1v) is 21.9. The number of thiophene rings is 2. The molecule has 2 nitrogen and oxygen atoms in total. The molecule has 0 N–H and O–H groups in total. The summed E-state index contributed by atoms with van der Waals surface area (Å²) < 4.78 is 5.19. The fourth-order valence-electron chi connectivity index (χ4n) is 8.88. The lowest BCUT2D eigenvalue weighted by Gasteiger charge is -2.27. The number of fused-ring (bicyclic) bond motifs is 8. The Labute approximate surface area is 356 Å². The van der Waals surface area contributed by atoms with E-state index in [1.165, 1.54) is 61.9 Å². The zero-order valence-electron chi connectivity index (χ0n) is 32.5. The van der Waals surface area contributed by atoms with Gasteiger partial charge in [0.1, 0.15) is 0 Å². The topological polar surface area (TPSA) is 6.48 Å². The Bertz CT molecular complexity index is 3360. The summed E-state index contributed by atoms with van der Waals surface area (Å²) in [4.78, 5) is 4.82. The van der Waals surface area contributed by atoms with E-state index in [9.17, 15) is 0 Å². The van der Waals surface area contributed by atoms with Crippen molar-refractivity contribution in [2.24, 2.45) is 0 Å². The second kappa shape index (κ2) is 14.2. The third-order valence-electron chi connectivity index (χ3n) is 11.8. The zero-order valence-corrected chi connectivity index (χ0v) is 34.1. The van der Waals surface area contributed by atoms with Gasteiger partial charge >= 0.3 is 0 Å². The van der Waals surface area contributed by atoms with Crippen LogP contribution in [0.5, 0.6) is 0 Å². The molecule has 12 aromatic rings. The number of anilines is 6. The van der Waals surface area contributed by atoms with Gasteiger partial charge in [0, 0.05) is 74.5 Å². The van der Waals surface area contributed by atoms with Crippen molar-refractivity contribution in [1.82, 2.24) is 0 Å². The summed E-state index contributed by atoms with van der Waals surface area (Å²) in [6.45, 7) is 0. The van der Waals surface area contributed by atoms with Gasteiger partial charge in [-0.25, -0.2) is 0 Å². The van der Waals surface area contributed by atoms with Crippen LogP contribution in [0.25, 0.3) is 73.0 Å². The van der Waals surface area contributed by atoms with Gasteiger partial charge in [-0.1, -0.05) is 133 Å². The largest absolute Gasteiger partial charge is 0.310 e. The fraction of sp³-hybridized carbons (Fsp3) is 0. The lowest BCUT2D eigenvalue weighted by Crippen LogP contribution is -2.10. The number of nitrogens with zero attached hydrogens (tertiary/aromatic N) is 2. The average molecular weight is 801 g/mol. The molecule has 0 radical (unpaired) electrons. The van der Waals surface area contributed by atoms with E-state index in [1.807, 2.05) is 22.7 Å². The van der Waals surface area contributed by atoms with Crippen LogP contribution in [-0.2, 0) is 0 Å². The summed E-state index contributed by atoms with van der Waals surface area (Å²) in [5.74, 6) is 0. The summed E-state index contributed by atoms with van der Waals surface area (Å²) >= 11 is 3.72. The second-order valence-corrected chi connectivity index (χ2v) is 17.6. The van der Waals surface area contributed by atoms with Crippen LogP contribution in [0.3, 0.4) is 0 Å². The molecule has 2 aromatic heterocycles. The van der Waals surface area contributed by atoms with Gasteiger partial charge in [-0.3, -0.25) is 0 Å². The van der Waals surface area contributed by atoms with Crippen LogP contribution in [0.15, 0.2) is 218 Å². The highest BCUT2D eigenvalue weighted by Gasteiger charge is 2.19. The molecule has 0 aliphatic heterocycles. The molecule has 0 atom stereocenters. The van der Waals surface area contributed by atoms with E-state index in [1.54, 1.807) is 0 Å². The Balaban J connectivity index is 0.995. The van der Waals surface area contributed by atoms with Crippen LogP contribution in [0.4, 0.5) is 34.1 Å². The van der Waals surface area contributed by atoms with Crippen molar-refractivity contribution in [3.8, 4) is 11.1 Å². The maximum atomic E-state index is 2.41. The summed E-state index contributed by atoms with van der Waals surface area (Å²) in [5.41, 5.74) is 9.04. The molecular formula is C56H36N2S2. The molecule has 2 heterocycles. The fourth-order valence-corrected chi connectivity index (χ4v) is 11.2. The minimum absolute atomic E-state index is 1.11. The molecular weight excluding hydrogens is 765 g/mol. The first-order valence-electron chi connectivity index (χ1n) is 20.3. The van der Waals surface area contributed by atoms with E-state index in [4.69, 9.17) is 0 Å². The zero-order chi connectivity index (χ0) is 39.6. The summed E-state index contributed by atoms with van der Waals surface area (Å²) in [7, 11) is 0. The van der Waals surface area contributed by atoms with Crippen molar-refractivity contribution >= 4 is 119 Å². The Kier molecular flexibility index (Phi) is 8.25. The molecule has 10 aromatic carbocycles. The third-order valence-corrected chi connectivity index (χ3v) is 14.0. The summed E-state index contributed by atoms with van der Waals surface area (Å²) in [5, 5.41) is 10.1. The normalized spacial score (nSPS) is 11.7. The molecule has 0 amide bonds. The Morgan fingerprint density at radius 3 is 1.08 bits per heavy atom. The van der Waals surface area contributed by atoms with E-state index >= 15 is 0 Å². The number of benzene rings is 10. The van der Waals surface area contributed by atoms with Gasteiger partial charge in [-0.2, -0.15) is 0 Å². The van der Waals surface area contributed by atoms with Crippen LogP contribution in [0.1, 0.15) is 0 Å². The minimum Gasteiger partial charge on any atom is -0.310 e. The first kappa shape index (κ1) is 34.8. The first-order chi connectivity index (χ1) is 29.7. The lowest BCUT2D eigenvalue weighted by atomic mass is 10.0. The molecule has 0 aliphatic rings. The van der Waals surface area contributed by atoms with Crippen molar-refractivity contribution in [1.29, 1.82) is 0 Å². The third kappa shape index (κ3) is 6.00. The molecule has 0 saturated carbocycles. The molecule has 0 aliphatic carbocycles. The molecule has 0 unspecified atom stereocenters. The molecule has 0 spiro atoms. The van der Waals surface area contributed by atoms with Crippen LogP contribution < -0.4 is 9.80 Å². The average Bonchev–Trinajstić information content (AvgIpc) is 3.87. The standard InChI is InChI=1S/C56H36N2S2/c1-3-13-39-31-45(25-23-37(39)11-1)57(47-27-29-51-49-19-5-7-21-53(49)59-55(51)35-47)43-17-9-15-41(33-43)42-16-10-18-44(34-42)58(46-26-24-38-12-2-4-14-40(38)32-46)48-28-30-52-50-20-6-8-22-54(50)60-56(52)36-48/h1-36H. The van der Waals surface area contributed by atoms with E-state index in [2.05, 4.69) is 228 Å². The maximum Gasteiger partial charge on any atom is 0.0476 e. The smallest absolute Gasteiger partial charge is 0.0476 e. The van der Waals surface area contributed by atoms with Crippen molar-refractivity contribution in [3.63, 3.8) is 0 Å². The maximum absolute atomic E-state index is 2.41. The van der Waals surface area contributed by atoms with Crippen molar-refractivity contribution in [3.05, 3.63) is 218 Å². The van der Waals surface area contributed by atoms with Crippen molar-refractivity contribution < 1.29 is 0 Å². The highest BCUT2D eigenvalue weighted by atomic mass is 32.1. The quantitative estimate of drug-likeness (QED) is 0.158. The molecule has 12 rings (SSSR count). The Morgan fingerprint density at radius 2 is 0.600 bits per heavy atom. The van der Waals surface area contributed by atoms with Crippen LogP contribution in [0, 0.1) is 0 Å². The SMILES string of the molecule is c1cc(-c2cccc(N(c3ccc4ccccc4c3)c3ccc4c(c3)sc3ccccc34)c2)cc(N(c2ccc3ccccc3c2)c2ccc3c(c2)sc2ccccc23)c1. The lowest BCUT2D eigenvalue weighted by molar-refractivity contribution is 1.29. The van der Waals surface area contributed by atoms with E-state index in [0.717, 1.165) is 45.3 Å². The van der Waals surface area contributed by atoms with Crippen LogP contribution in [-0.4, -0.2) is 0 Å². The van der Waals surface area contributed by atoms with Crippen LogP contribution in [0.2, 0.25) is 0 Å². The monoisotopic (exact) mass is 800 g/mol. The number of rotatable bonds is 7. The predicted octanol–water partition coefficient (Wildman–Crippen LogP) is 17.3. The Morgan fingerprint density at radius 1 is 0.233 bits per heavy atom. The van der Waals surface area contributed by atoms with Crippen molar-refractivity contribution in [2.45, 2.75) is 0 Å². The molecule has 0 fully saturated rings. The molecule has 60 heavy (non-hydrogen) atoms. The second-order valence-electron chi connectivity index (χ2n) is 15.4. The molecule has 4 heteroatoms. The van der Waals surface area contributed by atoms with Gasteiger partial charge in [0.25, 0.3) is 0 Å². The van der Waals surface area contributed by atoms with Gasteiger partial charge in [-0.05, 0) is 118 Å². The Hall–Kier alpha value is -7.24. The van der Waals surface area contributed by atoms with E-state index in [0.29, 0.717) is 0 Å². The predicted molar refractivity (Wildman–Crippen MR) is 262 cm³/mol. The highest BCUT2D eigenvalue weighted by Crippen LogP contribution is 2.44. The van der Waals surface area contributed by atoms with Crippen LogP contribution >= 0.6 is 22.7 Å². The highest BCUT2D eigenvalue weighted by molar-refractivity contribution is 7.26. The van der Waals surface area contributed by atoms with Crippen molar-refractivity contribution in [2.75, 3.05) is 9.80 Å². The number of hydrogen-bond donors (Lipinski definition) is 0. The van der Waals surface area contributed by atoms with E-state index < -0.39 is 0 Å². The molecule has 0 saturated heterocycles. The number of hydrogen-bond acceptors (Lipinski definition) is 4. The molecule has 0 bridgehead atoms.